The SMILES string of the molecule is Cc1ccnc(B2OC(C)(C)C(C)(C)O2)c1. The number of aromatic nitrogens is 1. The molecule has 1 aliphatic heterocycles. The summed E-state index contributed by atoms with van der Waals surface area (Å²) < 4.78 is 11.8. The molecule has 4 heteroatoms. The highest BCUT2D eigenvalue weighted by atomic mass is 16.7. The van der Waals surface area contributed by atoms with Crippen LogP contribution in [0.1, 0.15) is 33.3 Å². The monoisotopic (exact) mass is 219 g/mol. The topological polar surface area (TPSA) is 31.4 Å². The minimum absolute atomic E-state index is 0.302. The van der Waals surface area contributed by atoms with Crippen LogP contribution in [-0.4, -0.2) is 23.3 Å². The van der Waals surface area contributed by atoms with Gasteiger partial charge in [0.25, 0.3) is 0 Å². The van der Waals surface area contributed by atoms with E-state index in [1.807, 2.05) is 46.8 Å². The molecule has 0 N–H and O–H groups in total. The fourth-order valence-electron chi connectivity index (χ4n) is 1.65. The normalized spacial score (nSPS) is 22.4. The first-order valence-corrected chi connectivity index (χ1v) is 5.60. The Labute approximate surface area is 97.3 Å². The molecule has 2 rings (SSSR count). The van der Waals surface area contributed by atoms with E-state index in [-0.39, 0.29) is 18.3 Å². The standard InChI is InChI=1S/C12H18BNO2/c1-9-6-7-14-10(8-9)13-15-11(2,3)12(4,5)16-13/h6-8H,1-5H3. The van der Waals surface area contributed by atoms with Gasteiger partial charge in [0, 0.05) is 6.20 Å². The van der Waals surface area contributed by atoms with Crippen molar-refractivity contribution >= 4 is 12.7 Å². The minimum Gasteiger partial charge on any atom is -0.398 e. The van der Waals surface area contributed by atoms with Crippen LogP contribution < -0.4 is 5.59 Å². The van der Waals surface area contributed by atoms with Gasteiger partial charge in [-0.3, -0.25) is 4.98 Å². The Hall–Kier alpha value is -0.865. The lowest BCUT2D eigenvalue weighted by atomic mass is 9.83. The first-order chi connectivity index (χ1) is 7.32. The molecule has 86 valence electrons. The second kappa shape index (κ2) is 3.57. The first-order valence-electron chi connectivity index (χ1n) is 5.60. The maximum Gasteiger partial charge on any atom is 0.514 e. The number of aryl methyl sites for hydroxylation is 1. The van der Waals surface area contributed by atoms with Crippen molar-refractivity contribution in [1.82, 2.24) is 4.98 Å². The molecule has 0 amide bonds. The minimum atomic E-state index is -0.357. The van der Waals surface area contributed by atoms with Crippen LogP contribution in [0.5, 0.6) is 0 Å². The Morgan fingerprint density at radius 2 is 1.69 bits per heavy atom. The summed E-state index contributed by atoms with van der Waals surface area (Å²) in [5, 5.41) is 0. The molecule has 2 heterocycles. The summed E-state index contributed by atoms with van der Waals surface area (Å²) >= 11 is 0. The number of nitrogens with zero attached hydrogens (tertiary/aromatic N) is 1. The van der Waals surface area contributed by atoms with Gasteiger partial charge >= 0.3 is 7.12 Å². The lowest BCUT2D eigenvalue weighted by Gasteiger charge is -2.32. The van der Waals surface area contributed by atoms with Crippen molar-refractivity contribution < 1.29 is 9.31 Å². The first kappa shape index (κ1) is 11.6. The van der Waals surface area contributed by atoms with Crippen molar-refractivity contribution in [3.05, 3.63) is 23.9 Å². The van der Waals surface area contributed by atoms with Gasteiger partial charge < -0.3 is 9.31 Å². The molecule has 0 radical (unpaired) electrons. The van der Waals surface area contributed by atoms with Crippen LogP contribution >= 0.6 is 0 Å². The van der Waals surface area contributed by atoms with Crippen LogP contribution in [-0.2, 0) is 9.31 Å². The van der Waals surface area contributed by atoms with Crippen molar-refractivity contribution in [2.45, 2.75) is 45.8 Å². The van der Waals surface area contributed by atoms with Gasteiger partial charge in [0.2, 0.25) is 0 Å². The Bertz CT molecular complexity index is 388. The van der Waals surface area contributed by atoms with Gasteiger partial charge in [0.05, 0.1) is 16.8 Å². The van der Waals surface area contributed by atoms with E-state index in [1.165, 1.54) is 5.56 Å². The zero-order chi connectivity index (χ0) is 12.0. The number of hydrogen-bond acceptors (Lipinski definition) is 3. The van der Waals surface area contributed by atoms with Crippen LogP contribution in [0.25, 0.3) is 0 Å². The Kier molecular flexibility index (Phi) is 2.59. The number of rotatable bonds is 1. The van der Waals surface area contributed by atoms with E-state index in [0.717, 1.165) is 5.59 Å². The molecule has 1 saturated heterocycles. The third-order valence-corrected chi connectivity index (χ3v) is 3.43. The van der Waals surface area contributed by atoms with Gasteiger partial charge in [-0.15, -0.1) is 0 Å². The maximum absolute atomic E-state index is 5.92. The van der Waals surface area contributed by atoms with Gasteiger partial charge in [0.1, 0.15) is 0 Å². The van der Waals surface area contributed by atoms with Crippen molar-refractivity contribution in [3.63, 3.8) is 0 Å². The van der Waals surface area contributed by atoms with Gasteiger partial charge in [-0.25, -0.2) is 0 Å². The van der Waals surface area contributed by atoms with Gasteiger partial charge in [0.15, 0.2) is 0 Å². The molecular weight excluding hydrogens is 201 g/mol. The van der Waals surface area contributed by atoms with E-state index in [0.29, 0.717) is 0 Å². The highest BCUT2D eigenvalue weighted by Gasteiger charge is 2.52. The molecule has 1 aromatic rings. The zero-order valence-electron chi connectivity index (χ0n) is 10.6. The molecule has 16 heavy (non-hydrogen) atoms. The molecule has 3 nitrogen and oxygen atoms in total. The lowest BCUT2D eigenvalue weighted by molar-refractivity contribution is 0.00578. The molecule has 0 spiro atoms. The predicted molar refractivity (Wildman–Crippen MR) is 64.7 cm³/mol. The van der Waals surface area contributed by atoms with Crippen LogP contribution in [0.4, 0.5) is 0 Å². The van der Waals surface area contributed by atoms with E-state index in [4.69, 9.17) is 9.31 Å². The van der Waals surface area contributed by atoms with Crippen molar-refractivity contribution in [2.24, 2.45) is 0 Å². The summed E-state index contributed by atoms with van der Waals surface area (Å²) in [6.45, 7) is 10.2. The molecule has 0 bridgehead atoms. The van der Waals surface area contributed by atoms with Crippen LogP contribution in [0.15, 0.2) is 18.3 Å². The molecule has 0 aromatic carbocycles. The summed E-state index contributed by atoms with van der Waals surface area (Å²) in [6.07, 6.45) is 1.79. The van der Waals surface area contributed by atoms with E-state index >= 15 is 0 Å². The van der Waals surface area contributed by atoms with E-state index < -0.39 is 0 Å². The molecular formula is C12H18BNO2. The van der Waals surface area contributed by atoms with Crippen LogP contribution in [0, 0.1) is 6.92 Å². The fourth-order valence-corrected chi connectivity index (χ4v) is 1.65. The third kappa shape index (κ3) is 1.87. The van der Waals surface area contributed by atoms with E-state index in [1.54, 1.807) is 6.20 Å². The van der Waals surface area contributed by atoms with Crippen molar-refractivity contribution in [2.75, 3.05) is 0 Å². The van der Waals surface area contributed by atoms with Crippen molar-refractivity contribution in [3.8, 4) is 0 Å². The second-order valence-corrected chi connectivity index (χ2v) is 5.35. The molecule has 1 aliphatic rings. The van der Waals surface area contributed by atoms with Crippen molar-refractivity contribution in [1.29, 1.82) is 0 Å². The molecule has 0 unspecified atom stereocenters. The largest absolute Gasteiger partial charge is 0.514 e. The smallest absolute Gasteiger partial charge is 0.398 e. The maximum atomic E-state index is 5.92. The zero-order valence-corrected chi connectivity index (χ0v) is 10.6. The van der Waals surface area contributed by atoms with Crippen LogP contribution in [0.2, 0.25) is 0 Å². The quantitative estimate of drug-likeness (QED) is 0.673. The fraction of sp³-hybridized carbons (Fsp3) is 0.583. The average molecular weight is 219 g/mol. The number of pyridine rings is 1. The summed E-state index contributed by atoms with van der Waals surface area (Å²) in [7, 11) is -0.357. The highest BCUT2D eigenvalue weighted by molar-refractivity contribution is 6.61. The molecule has 0 saturated carbocycles. The van der Waals surface area contributed by atoms with E-state index in [9.17, 15) is 0 Å². The molecule has 0 aliphatic carbocycles. The molecule has 1 fully saturated rings. The van der Waals surface area contributed by atoms with E-state index in [2.05, 4.69) is 4.98 Å². The van der Waals surface area contributed by atoms with Crippen LogP contribution in [0.3, 0.4) is 0 Å². The average Bonchev–Trinajstić information content (AvgIpc) is 2.36. The second-order valence-electron chi connectivity index (χ2n) is 5.35. The highest BCUT2D eigenvalue weighted by Crippen LogP contribution is 2.36. The number of hydrogen-bond donors (Lipinski definition) is 0. The Morgan fingerprint density at radius 3 is 2.19 bits per heavy atom. The Balaban J connectivity index is 2.27. The molecule has 0 atom stereocenters. The summed E-state index contributed by atoms with van der Waals surface area (Å²) in [6, 6.07) is 3.97. The van der Waals surface area contributed by atoms with Gasteiger partial charge in [-0.05, 0) is 52.3 Å². The van der Waals surface area contributed by atoms with Gasteiger partial charge in [-0.1, -0.05) is 0 Å². The summed E-state index contributed by atoms with van der Waals surface area (Å²) in [4.78, 5) is 4.30. The lowest BCUT2D eigenvalue weighted by Crippen LogP contribution is -2.41. The van der Waals surface area contributed by atoms with Gasteiger partial charge in [-0.2, -0.15) is 0 Å². The third-order valence-electron chi connectivity index (χ3n) is 3.43. The molecule has 1 aromatic heterocycles. The summed E-state index contributed by atoms with van der Waals surface area (Å²) in [5.41, 5.74) is 1.41. The Morgan fingerprint density at radius 1 is 1.12 bits per heavy atom. The predicted octanol–water partition coefficient (Wildman–Crippen LogP) is 1.69. The summed E-state index contributed by atoms with van der Waals surface area (Å²) in [5.74, 6) is 0.